The lowest BCUT2D eigenvalue weighted by atomic mass is 10.2. The van der Waals surface area contributed by atoms with E-state index in [4.69, 9.17) is 0 Å². The Kier molecular flexibility index (Phi) is 5.32. The number of para-hydroxylation sites is 1. The second-order valence-corrected chi connectivity index (χ2v) is 7.93. The summed E-state index contributed by atoms with van der Waals surface area (Å²) in [5.41, 5.74) is 0.284. The van der Waals surface area contributed by atoms with Gasteiger partial charge in [-0.25, -0.2) is 13.2 Å². The number of rotatable bonds is 6. The summed E-state index contributed by atoms with van der Waals surface area (Å²) < 4.78 is 26.1. The van der Waals surface area contributed by atoms with Gasteiger partial charge in [-0.15, -0.1) is 0 Å². The maximum atomic E-state index is 12.2. The number of carbonyl (C=O) groups excluding carboxylic acids is 1. The van der Waals surface area contributed by atoms with E-state index in [2.05, 4.69) is 15.0 Å². The fourth-order valence-electron chi connectivity index (χ4n) is 2.74. The van der Waals surface area contributed by atoms with Crippen molar-refractivity contribution in [3.8, 4) is 0 Å². The smallest absolute Gasteiger partial charge is 0.326 e. The second-order valence-electron chi connectivity index (χ2n) is 6.18. The molecule has 1 amide bonds. The number of fused-ring (bicyclic) bond motifs is 1. The van der Waals surface area contributed by atoms with Gasteiger partial charge >= 0.3 is 5.69 Å². The van der Waals surface area contributed by atoms with Gasteiger partial charge in [0.25, 0.3) is 5.56 Å². The highest BCUT2D eigenvalue weighted by atomic mass is 32.2. The lowest BCUT2D eigenvalue weighted by Crippen LogP contribution is -2.31. The molecule has 0 spiro atoms. The van der Waals surface area contributed by atoms with Crippen molar-refractivity contribution in [1.82, 2.24) is 9.55 Å². The Labute approximate surface area is 160 Å². The van der Waals surface area contributed by atoms with Gasteiger partial charge in [0.2, 0.25) is 15.9 Å². The van der Waals surface area contributed by atoms with Gasteiger partial charge in [0, 0.05) is 24.3 Å². The highest BCUT2D eigenvalue weighted by molar-refractivity contribution is 7.92. The molecule has 2 aromatic carbocycles. The summed E-state index contributed by atoms with van der Waals surface area (Å²) in [5.74, 6) is -0.328. The highest BCUT2D eigenvalue weighted by Gasteiger charge is 2.09. The summed E-state index contributed by atoms with van der Waals surface area (Å²) in [5, 5.41) is 3.05. The number of sulfonamides is 1. The van der Waals surface area contributed by atoms with Crippen LogP contribution in [0.2, 0.25) is 0 Å². The average molecular weight is 402 g/mol. The molecule has 146 valence electrons. The minimum absolute atomic E-state index is 0.0132. The zero-order chi connectivity index (χ0) is 20.3. The molecule has 0 aliphatic heterocycles. The first-order valence-electron chi connectivity index (χ1n) is 8.32. The van der Waals surface area contributed by atoms with Crippen molar-refractivity contribution in [2.45, 2.75) is 13.0 Å². The quantitative estimate of drug-likeness (QED) is 0.568. The topological polar surface area (TPSA) is 130 Å². The van der Waals surface area contributed by atoms with Gasteiger partial charge in [-0.05, 0) is 36.4 Å². The van der Waals surface area contributed by atoms with Crippen LogP contribution in [0.1, 0.15) is 6.42 Å². The molecule has 0 bridgehead atoms. The standard InChI is InChI=1S/C18H18N4O5S/c1-28(26,27)21-13-8-6-12(7-9-13)19-16(23)10-11-22-15-5-3-2-4-14(15)17(24)20-18(22)25/h2-9,21H,10-11H2,1H3,(H,19,23)(H,20,24,25). The fraction of sp³-hybridized carbons (Fsp3) is 0.167. The Balaban J connectivity index is 1.69. The summed E-state index contributed by atoms with van der Waals surface area (Å²) >= 11 is 0. The number of anilines is 2. The maximum Gasteiger partial charge on any atom is 0.328 e. The number of aromatic nitrogens is 2. The van der Waals surface area contributed by atoms with Crippen LogP contribution in [0.3, 0.4) is 0 Å². The molecule has 0 unspecified atom stereocenters. The number of amides is 1. The highest BCUT2D eigenvalue weighted by Crippen LogP contribution is 2.15. The van der Waals surface area contributed by atoms with Gasteiger partial charge in [-0.3, -0.25) is 23.9 Å². The third kappa shape index (κ3) is 4.65. The molecule has 0 aliphatic rings. The maximum absolute atomic E-state index is 12.2. The predicted octanol–water partition coefficient (Wildman–Crippen LogP) is 1.09. The minimum atomic E-state index is -3.37. The van der Waals surface area contributed by atoms with E-state index >= 15 is 0 Å². The van der Waals surface area contributed by atoms with Gasteiger partial charge in [0.15, 0.2) is 0 Å². The second kappa shape index (κ2) is 7.69. The molecule has 28 heavy (non-hydrogen) atoms. The number of nitrogens with one attached hydrogen (secondary N) is 3. The lowest BCUT2D eigenvalue weighted by Gasteiger charge is -2.10. The van der Waals surface area contributed by atoms with Crippen molar-refractivity contribution in [2.75, 3.05) is 16.3 Å². The first kappa shape index (κ1) is 19.4. The molecular weight excluding hydrogens is 384 g/mol. The zero-order valence-electron chi connectivity index (χ0n) is 14.9. The molecule has 0 saturated carbocycles. The Morgan fingerprint density at radius 3 is 2.36 bits per heavy atom. The zero-order valence-corrected chi connectivity index (χ0v) is 15.7. The Hall–Kier alpha value is -3.40. The number of carbonyl (C=O) groups is 1. The predicted molar refractivity (Wildman–Crippen MR) is 107 cm³/mol. The van der Waals surface area contributed by atoms with Crippen LogP contribution in [0.4, 0.5) is 11.4 Å². The molecule has 10 heteroatoms. The fourth-order valence-corrected chi connectivity index (χ4v) is 3.30. The van der Waals surface area contributed by atoms with Gasteiger partial charge in [-0.2, -0.15) is 0 Å². The van der Waals surface area contributed by atoms with Crippen molar-refractivity contribution in [3.05, 3.63) is 69.4 Å². The van der Waals surface area contributed by atoms with Gasteiger partial charge < -0.3 is 5.32 Å². The molecule has 9 nitrogen and oxygen atoms in total. The Morgan fingerprint density at radius 1 is 1.04 bits per heavy atom. The summed E-state index contributed by atoms with van der Waals surface area (Å²) in [6.45, 7) is 0.0929. The Bertz CT molecular complexity index is 1240. The number of H-pyrrole nitrogens is 1. The van der Waals surface area contributed by atoms with Crippen LogP contribution >= 0.6 is 0 Å². The first-order chi connectivity index (χ1) is 13.2. The molecule has 0 saturated heterocycles. The van der Waals surface area contributed by atoms with E-state index in [0.29, 0.717) is 22.3 Å². The van der Waals surface area contributed by atoms with Crippen LogP contribution in [0.25, 0.3) is 10.9 Å². The van der Waals surface area contributed by atoms with Crippen LogP contribution in [0.5, 0.6) is 0 Å². The molecule has 0 radical (unpaired) electrons. The molecule has 1 heterocycles. The average Bonchev–Trinajstić information content (AvgIpc) is 2.62. The van der Waals surface area contributed by atoms with Crippen LogP contribution in [0.15, 0.2) is 58.1 Å². The van der Waals surface area contributed by atoms with Crippen molar-refractivity contribution in [1.29, 1.82) is 0 Å². The van der Waals surface area contributed by atoms with Crippen molar-refractivity contribution in [3.63, 3.8) is 0 Å². The molecule has 3 aromatic rings. The van der Waals surface area contributed by atoms with E-state index in [9.17, 15) is 22.8 Å². The summed E-state index contributed by atoms with van der Waals surface area (Å²) in [6.07, 6.45) is 1.06. The van der Waals surface area contributed by atoms with Gasteiger partial charge in [0.05, 0.1) is 17.2 Å². The van der Waals surface area contributed by atoms with Crippen LogP contribution in [-0.4, -0.2) is 30.1 Å². The molecule has 0 fully saturated rings. The molecular formula is C18H18N4O5S. The van der Waals surface area contributed by atoms with Crippen LogP contribution < -0.4 is 21.3 Å². The van der Waals surface area contributed by atoms with E-state index in [0.717, 1.165) is 6.26 Å². The number of hydrogen-bond acceptors (Lipinski definition) is 5. The summed E-state index contributed by atoms with van der Waals surface area (Å²) in [7, 11) is -3.37. The first-order valence-corrected chi connectivity index (χ1v) is 10.2. The largest absolute Gasteiger partial charge is 0.328 e. The van der Waals surface area contributed by atoms with Gasteiger partial charge in [-0.1, -0.05) is 12.1 Å². The molecule has 3 rings (SSSR count). The van der Waals surface area contributed by atoms with E-state index in [-0.39, 0.29) is 18.9 Å². The van der Waals surface area contributed by atoms with E-state index in [1.165, 1.54) is 16.7 Å². The van der Waals surface area contributed by atoms with E-state index in [1.54, 1.807) is 36.4 Å². The lowest BCUT2D eigenvalue weighted by molar-refractivity contribution is -0.116. The molecule has 0 aliphatic carbocycles. The minimum Gasteiger partial charge on any atom is -0.326 e. The molecule has 0 atom stereocenters. The third-order valence-electron chi connectivity index (χ3n) is 3.94. The van der Waals surface area contributed by atoms with Crippen LogP contribution in [0, 0.1) is 0 Å². The van der Waals surface area contributed by atoms with Crippen molar-refractivity contribution >= 4 is 38.2 Å². The number of hydrogen-bond donors (Lipinski definition) is 3. The number of aryl methyl sites for hydroxylation is 1. The van der Waals surface area contributed by atoms with E-state index in [1.807, 2.05) is 0 Å². The third-order valence-corrected chi connectivity index (χ3v) is 4.55. The SMILES string of the molecule is CS(=O)(=O)Nc1ccc(NC(=O)CCn2c(=O)[nH]c(=O)c3ccccc32)cc1. The number of benzene rings is 2. The van der Waals surface area contributed by atoms with Crippen LogP contribution in [-0.2, 0) is 21.4 Å². The van der Waals surface area contributed by atoms with Crippen molar-refractivity contribution in [2.24, 2.45) is 0 Å². The summed E-state index contributed by atoms with van der Waals surface area (Å²) in [6, 6.07) is 12.8. The van der Waals surface area contributed by atoms with Gasteiger partial charge in [0.1, 0.15) is 0 Å². The molecule has 3 N–H and O–H groups in total. The van der Waals surface area contributed by atoms with Crippen molar-refractivity contribution < 1.29 is 13.2 Å². The van der Waals surface area contributed by atoms with E-state index < -0.39 is 21.3 Å². The summed E-state index contributed by atoms with van der Waals surface area (Å²) in [4.78, 5) is 38.4. The number of aromatic amines is 1. The Morgan fingerprint density at radius 2 is 1.68 bits per heavy atom. The number of nitrogens with zero attached hydrogens (tertiary/aromatic N) is 1. The normalized spacial score (nSPS) is 11.3. The monoisotopic (exact) mass is 402 g/mol. The molecule has 1 aromatic heterocycles.